The molecule has 3 rings (SSSR count). The van der Waals surface area contributed by atoms with Gasteiger partial charge in [-0.15, -0.1) is 5.10 Å². The molecule has 0 aliphatic heterocycles. The van der Waals surface area contributed by atoms with E-state index in [0.29, 0.717) is 21.1 Å². The van der Waals surface area contributed by atoms with Crippen LogP contribution >= 0.6 is 22.6 Å². The molecule has 6 heteroatoms. The van der Waals surface area contributed by atoms with Crippen LogP contribution in [0.15, 0.2) is 30.5 Å². The van der Waals surface area contributed by atoms with E-state index in [1.807, 2.05) is 29.1 Å². The number of aromatic nitrogens is 3. The van der Waals surface area contributed by atoms with Crippen molar-refractivity contribution < 1.29 is 9.90 Å². The number of aldehydes is 1. The van der Waals surface area contributed by atoms with Crippen molar-refractivity contribution in [3.63, 3.8) is 0 Å². The van der Waals surface area contributed by atoms with Gasteiger partial charge in [-0.3, -0.25) is 4.79 Å². The predicted octanol–water partition coefficient (Wildman–Crippen LogP) is 2.50. The molecule has 0 unspecified atom stereocenters. The Balaban J connectivity index is 1.88. The lowest BCUT2D eigenvalue weighted by Crippen LogP contribution is -2.14. The minimum Gasteiger partial charge on any atom is -0.396 e. The summed E-state index contributed by atoms with van der Waals surface area (Å²) >= 11 is 2.42. The molecule has 1 N–H and O–H groups in total. The number of aliphatic hydroxyl groups is 1. The molecule has 1 saturated carbocycles. The molecule has 1 aliphatic rings. The molecule has 1 aromatic carbocycles. The van der Waals surface area contributed by atoms with Gasteiger partial charge in [0.15, 0.2) is 6.29 Å². The third-order valence-electron chi connectivity index (χ3n) is 4.02. The fourth-order valence-electron chi connectivity index (χ4n) is 2.88. The quantitative estimate of drug-likeness (QED) is 0.489. The Morgan fingerprint density at radius 3 is 2.90 bits per heavy atom. The Kier molecular flexibility index (Phi) is 4.34. The van der Waals surface area contributed by atoms with Crippen molar-refractivity contribution in [2.75, 3.05) is 6.61 Å². The number of carbonyl (C=O) groups excluding carboxylic acids is 1. The molecule has 1 fully saturated rings. The van der Waals surface area contributed by atoms with Gasteiger partial charge in [0.2, 0.25) is 0 Å². The number of hydrogen-bond acceptors (Lipinski definition) is 4. The molecular weight excluding hydrogens is 381 g/mol. The maximum absolute atomic E-state index is 11.1. The largest absolute Gasteiger partial charge is 0.396 e. The molecule has 3 atom stereocenters. The lowest BCUT2D eigenvalue weighted by atomic mass is 10.1. The third-order valence-corrected chi connectivity index (χ3v) is 5.36. The highest BCUT2D eigenvalue weighted by Crippen LogP contribution is 2.39. The van der Waals surface area contributed by atoms with E-state index in [4.69, 9.17) is 0 Å². The van der Waals surface area contributed by atoms with Crippen LogP contribution in [0.3, 0.4) is 0 Å². The Morgan fingerprint density at radius 1 is 1.38 bits per heavy atom. The predicted molar refractivity (Wildman–Crippen MR) is 87.5 cm³/mol. The van der Waals surface area contributed by atoms with Crippen LogP contribution in [0, 0.1) is 5.92 Å². The van der Waals surface area contributed by atoms with Crippen LogP contribution in [0.1, 0.15) is 29.2 Å². The fraction of sp³-hybridized carbons (Fsp3) is 0.400. The van der Waals surface area contributed by atoms with Gasteiger partial charge in [-0.25, -0.2) is 4.68 Å². The Morgan fingerprint density at radius 2 is 2.19 bits per heavy atom. The number of hydrogen-bond donors (Lipinski definition) is 1. The summed E-state index contributed by atoms with van der Waals surface area (Å²) in [6.07, 6.45) is 4.66. The summed E-state index contributed by atoms with van der Waals surface area (Å²) in [5, 5.41) is 17.8. The van der Waals surface area contributed by atoms with Gasteiger partial charge in [0.1, 0.15) is 5.69 Å². The van der Waals surface area contributed by atoms with E-state index >= 15 is 0 Å². The Hall–Kier alpha value is -1.28. The number of aliphatic hydroxyl groups excluding tert-OH is 1. The number of alkyl halides is 1. The lowest BCUT2D eigenvalue weighted by molar-refractivity contribution is 0.112. The highest BCUT2D eigenvalue weighted by atomic mass is 127. The summed E-state index contributed by atoms with van der Waals surface area (Å²) in [6, 6.07) is 7.64. The molecule has 110 valence electrons. The zero-order valence-corrected chi connectivity index (χ0v) is 13.6. The summed E-state index contributed by atoms with van der Waals surface area (Å²) in [5.74, 6) is 0.340. The number of halogens is 1. The van der Waals surface area contributed by atoms with Gasteiger partial charge in [0, 0.05) is 21.7 Å². The first kappa shape index (κ1) is 14.6. The Labute approximate surface area is 136 Å². The van der Waals surface area contributed by atoms with E-state index in [2.05, 4.69) is 32.9 Å². The van der Waals surface area contributed by atoms with Crippen molar-refractivity contribution in [3.05, 3.63) is 36.0 Å². The summed E-state index contributed by atoms with van der Waals surface area (Å²) in [7, 11) is 0. The van der Waals surface area contributed by atoms with E-state index in [9.17, 15) is 9.90 Å². The second kappa shape index (κ2) is 6.23. The molecule has 1 aliphatic carbocycles. The molecule has 0 radical (unpaired) electrons. The van der Waals surface area contributed by atoms with E-state index in [0.717, 1.165) is 24.7 Å². The van der Waals surface area contributed by atoms with Crippen molar-refractivity contribution in [1.29, 1.82) is 0 Å². The van der Waals surface area contributed by atoms with E-state index in [1.54, 1.807) is 6.07 Å². The number of carbonyl (C=O) groups is 1. The van der Waals surface area contributed by atoms with Crippen molar-refractivity contribution >= 4 is 28.9 Å². The van der Waals surface area contributed by atoms with Gasteiger partial charge < -0.3 is 5.11 Å². The number of nitrogens with zero attached hydrogens (tertiary/aromatic N) is 3. The standard InChI is InChI=1S/C15H16IN3O2/c16-13-5-10(8-20)6-15(13)19-7-14(17-18-19)12-4-2-1-3-11(12)9-21/h1-4,7,9-10,13,15,20H,5-6,8H2/t10-,13-,15-/m1/s1. The second-order valence-electron chi connectivity index (χ2n) is 5.39. The van der Waals surface area contributed by atoms with Crippen LogP contribution in [-0.4, -0.2) is 36.9 Å². The molecule has 1 heterocycles. The van der Waals surface area contributed by atoms with Gasteiger partial charge >= 0.3 is 0 Å². The van der Waals surface area contributed by atoms with Crippen LogP contribution in [0.4, 0.5) is 0 Å². The average Bonchev–Trinajstić information content (AvgIpc) is 3.13. The zero-order chi connectivity index (χ0) is 14.8. The zero-order valence-electron chi connectivity index (χ0n) is 11.4. The lowest BCUT2D eigenvalue weighted by Gasteiger charge is -2.13. The average molecular weight is 397 g/mol. The molecule has 2 aromatic rings. The van der Waals surface area contributed by atoms with Crippen molar-refractivity contribution in [2.45, 2.75) is 22.8 Å². The van der Waals surface area contributed by atoms with Gasteiger partial charge in [-0.1, -0.05) is 52.1 Å². The number of rotatable bonds is 4. The van der Waals surface area contributed by atoms with Crippen molar-refractivity contribution in [1.82, 2.24) is 15.0 Å². The molecule has 0 saturated heterocycles. The maximum atomic E-state index is 11.1. The van der Waals surface area contributed by atoms with E-state index in [-0.39, 0.29) is 12.6 Å². The number of benzene rings is 1. The summed E-state index contributed by atoms with van der Waals surface area (Å²) in [4.78, 5) is 11.1. The first-order chi connectivity index (χ1) is 10.2. The minimum absolute atomic E-state index is 0.228. The summed E-state index contributed by atoms with van der Waals surface area (Å²) in [6.45, 7) is 0.228. The van der Waals surface area contributed by atoms with E-state index in [1.165, 1.54) is 0 Å². The van der Waals surface area contributed by atoms with Gasteiger partial charge in [0.25, 0.3) is 0 Å². The van der Waals surface area contributed by atoms with Crippen LogP contribution in [-0.2, 0) is 0 Å². The fourth-order valence-corrected chi connectivity index (χ4v) is 4.22. The summed E-state index contributed by atoms with van der Waals surface area (Å²) < 4.78 is 2.32. The highest BCUT2D eigenvalue weighted by molar-refractivity contribution is 14.1. The molecule has 1 aromatic heterocycles. The molecule has 0 spiro atoms. The Bertz CT molecular complexity index is 643. The van der Waals surface area contributed by atoms with Gasteiger partial charge in [-0.2, -0.15) is 0 Å². The molecule has 0 bridgehead atoms. The smallest absolute Gasteiger partial charge is 0.150 e. The SMILES string of the molecule is O=Cc1ccccc1-c1cn([C@@H]2C[C@H](CO)C[C@H]2I)nn1. The van der Waals surface area contributed by atoms with Crippen molar-refractivity contribution in [3.8, 4) is 11.3 Å². The normalized spacial score (nSPS) is 25.1. The second-order valence-corrected chi connectivity index (χ2v) is 6.99. The maximum Gasteiger partial charge on any atom is 0.150 e. The molecule has 21 heavy (non-hydrogen) atoms. The minimum atomic E-state index is 0.228. The molecular formula is C15H16IN3O2. The van der Waals surface area contributed by atoms with Crippen molar-refractivity contribution in [2.24, 2.45) is 5.92 Å². The highest BCUT2D eigenvalue weighted by Gasteiger charge is 2.34. The van der Waals surface area contributed by atoms with Gasteiger partial charge in [-0.05, 0) is 18.8 Å². The third kappa shape index (κ3) is 2.87. The van der Waals surface area contributed by atoms with Crippen LogP contribution in [0.25, 0.3) is 11.3 Å². The first-order valence-electron chi connectivity index (χ1n) is 6.94. The topological polar surface area (TPSA) is 68.0 Å². The monoisotopic (exact) mass is 397 g/mol. The molecule has 0 amide bonds. The summed E-state index contributed by atoms with van der Waals surface area (Å²) in [5.41, 5.74) is 2.14. The van der Waals surface area contributed by atoms with Gasteiger partial charge in [0.05, 0.1) is 12.2 Å². The first-order valence-corrected chi connectivity index (χ1v) is 8.19. The van der Waals surface area contributed by atoms with Crippen LogP contribution < -0.4 is 0 Å². The molecule has 5 nitrogen and oxygen atoms in total. The van der Waals surface area contributed by atoms with Crippen LogP contribution in [0.2, 0.25) is 0 Å². The van der Waals surface area contributed by atoms with Crippen LogP contribution in [0.5, 0.6) is 0 Å². The van der Waals surface area contributed by atoms with E-state index < -0.39 is 0 Å².